The molecule has 0 heterocycles. The molecule has 1 aliphatic carbocycles. The number of ketones is 1. The van der Waals surface area contributed by atoms with Gasteiger partial charge in [-0.15, -0.1) is 0 Å². The first kappa shape index (κ1) is 13.8. The molecule has 0 radical (unpaired) electrons. The molecule has 1 aromatic rings. The van der Waals surface area contributed by atoms with Gasteiger partial charge in [0, 0.05) is 12.1 Å². The van der Waals surface area contributed by atoms with Gasteiger partial charge in [0.25, 0.3) is 5.91 Å². The summed E-state index contributed by atoms with van der Waals surface area (Å²) in [6.07, 6.45) is 6.41. The Morgan fingerprint density at radius 1 is 1.11 bits per heavy atom. The van der Waals surface area contributed by atoms with Crippen LogP contribution in [0.2, 0.25) is 0 Å². The fourth-order valence-electron chi connectivity index (χ4n) is 2.71. The largest absolute Gasteiger partial charge is 0.349 e. The molecular weight excluding hydrogens is 238 g/mol. The molecule has 1 N–H and O–H groups in total. The molecule has 1 saturated carbocycles. The van der Waals surface area contributed by atoms with Crippen LogP contribution in [-0.4, -0.2) is 18.2 Å². The molecule has 0 unspecified atom stereocenters. The van der Waals surface area contributed by atoms with Crippen molar-refractivity contribution >= 4 is 11.7 Å². The van der Waals surface area contributed by atoms with Gasteiger partial charge in [-0.1, -0.05) is 43.5 Å². The predicted molar refractivity (Wildman–Crippen MR) is 75.3 cm³/mol. The van der Waals surface area contributed by atoms with E-state index < -0.39 is 11.7 Å². The van der Waals surface area contributed by atoms with Crippen LogP contribution in [0.15, 0.2) is 24.3 Å². The molecule has 1 fully saturated rings. The van der Waals surface area contributed by atoms with E-state index in [0.29, 0.717) is 18.0 Å². The Bertz CT molecular complexity index is 444. The summed E-state index contributed by atoms with van der Waals surface area (Å²) in [6, 6.07) is 7.56. The van der Waals surface area contributed by atoms with E-state index >= 15 is 0 Å². The van der Waals surface area contributed by atoms with Crippen LogP contribution >= 0.6 is 0 Å². The van der Waals surface area contributed by atoms with Gasteiger partial charge in [-0.2, -0.15) is 0 Å². The van der Waals surface area contributed by atoms with E-state index in [9.17, 15) is 9.59 Å². The van der Waals surface area contributed by atoms with E-state index in [2.05, 4.69) is 5.32 Å². The minimum atomic E-state index is -0.520. The van der Waals surface area contributed by atoms with Crippen LogP contribution in [0.3, 0.4) is 0 Å². The van der Waals surface area contributed by atoms with E-state index in [-0.39, 0.29) is 0 Å². The molecular formula is C16H21NO2. The van der Waals surface area contributed by atoms with Gasteiger partial charge < -0.3 is 5.32 Å². The highest BCUT2D eigenvalue weighted by Crippen LogP contribution is 2.32. The van der Waals surface area contributed by atoms with Gasteiger partial charge >= 0.3 is 0 Å². The van der Waals surface area contributed by atoms with Crippen molar-refractivity contribution in [2.75, 3.05) is 6.54 Å². The maximum Gasteiger partial charge on any atom is 0.292 e. The standard InChI is InChI=1S/C16H21NO2/c1-2-17-16(19)15(18)14-10-8-13(9-11-14)12-6-4-3-5-7-12/h8-12H,2-7H2,1H3,(H,17,19). The summed E-state index contributed by atoms with van der Waals surface area (Å²) < 4.78 is 0. The number of hydrogen-bond acceptors (Lipinski definition) is 2. The van der Waals surface area contributed by atoms with Crippen molar-refractivity contribution in [3.63, 3.8) is 0 Å². The van der Waals surface area contributed by atoms with Gasteiger partial charge in [-0.3, -0.25) is 9.59 Å². The molecule has 0 bridgehead atoms. The Balaban J connectivity index is 2.05. The minimum Gasteiger partial charge on any atom is -0.349 e. The van der Waals surface area contributed by atoms with Gasteiger partial charge in [-0.05, 0) is 31.2 Å². The lowest BCUT2D eigenvalue weighted by molar-refractivity contribution is -0.116. The molecule has 0 atom stereocenters. The SMILES string of the molecule is CCNC(=O)C(=O)c1ccc(C2CCCCC2)cc1. The van der Waals surface area contributed by atoms with Gasteiger partial charge in [-0.25, -0.2) is 0 Å². The molecule has 1 aliphatic rings. The zero-order valence-electron chi connectivity index (χ0n) is 11.4. The number of hydrogen-bond donors (Lipinski definition) is 1. The Labute approximate surface area is 114 Å². The van der Waals surface area contributed by atoms with Gasteiger partial charge in [0.05, 0.1) is 0 Å². The molecule has 0 spiro atoms. The van der Waals surface area contributed by atoms with Crippen LogP contribution < -0.4 is 5.32 Å². The van der Waals surface area contributed by atoms with Crippen LogP contribution in [0.25, 0.3) is 0 Å². The van der Waals surface area contributed by atoms with Crippen LogP contribution in [0.4, 0.5) is 0 Å². The summed E-state index contributed by atoms with van der Waals surface area (Å²) in [6.45, 7) is 2.28. The Morgan fingerprint density at radius 3 is 2.32 bits per heavy atom. The lowest BCUT2D eigenvalue weighted by Gasteiger charge is -2.21. The fourth-order valence-corrected chi connectivity index (χ4v) is 2.71. The van der Waals surface area contributed by atoms with Crippen LogP contribution in [0.5, 0.6) is 0 Å². The molecule has 0 aliphatic heterocycles. The normalized spacial score (nSPS) is 16.1. The van der Waals surface area contributed by atoms with E-state index in [1.165, 1.54) is 37.7 Å². The van der Waals surface area contributed by atoms with Crippen molar-refractivity contribution < 1.29 is 9.59 Å². The fraction of sp³-hybridized carbons (Fsp3) is 0.500. The summed E-state index contributed by atoms with van der Waals surface area (Å²) in [5, 5.41) is 2.53. The monoisotopic (exact) mass is 259 g/mol. The first-order valence-electron chi connectivity index (χ1n) is 7.15. The van der Waals surface area contributed by atoms with Crippen molar-refractivity contribution in [1.29, 1.82) is 0 Å². The average molecular weight is 259 g/mol. The summed E-state index contributed by atoms with van der Waals surface area (Å²) >= 11 is 0. The summed E-state index contributed by atoms with van der Waals surface area (Å²) in [5.41, 5.74) is 1.78. The minimum absolute atomic E-state index is 0.447. The summed E-state index contributed by atoms with van der Waals surface area (Å²) in [7, 11) is 0. The quantitative estimate of drug-likeness (QED) is 0.667. The lowest BCUT2D eigenvalue weighted by atomic mass is 9.84. The first-order chi connectivity index (χ1) is 9.22. The Hall–Kier alpha value is -1.64. The van der Waals surface area contributed by atoms with Gasteiger partial charge in [0.1, 0.15) is 0 Å². The molecule has 3 heteroatoms. The van der Waals surface area contributed by atoms with Crippen molar-refractivity contribution in [2.24, 2.45) is 0 Å². The second-order valence-electron chi connectivity index (χ2n) is 5.15. The molecule has 1 aromatic carbocycles. The lowest BCUT2D eigenvalue weighted by Crippen LogP contribution is -2.30. The number of carbonyl (C=O) groups is 2. The van der Waals surface area contributed by atoms with E-state index in [1.54, 1.807) is 19.1 Å². The van der Waals surface area contributed by atoms with Crippen molar-refractivity contribution in [3.8, 4) is 0 Å². The highest BCUT2D eigenvalue weighted by atomic mass is 16.2. The zero-order valence-corrected chi connectivity index (χ0v) is 11.4. The van der Waals surface area contributed by atoms with Crippen LogP contribution in [0.1, 0.15) is 60.9 Å². The smallest absolute Gasteiger partial charge is 0.292 e. The highest BCUT2D eigenvalue weighted by Gasteiger charge is 2.18. The number of carbonyl (C=O) groups excluding carboxylic acids is 2. The molecule has 3 nitrogen and oxygen atoms in total. The predicted octanol–water partition coefficient (Wildman–Crippen LogP) is 3.05. The molecule has 1 amide bonds. The Morgan fingerprint density at radius 2 is 1.74 bits per heavy atom. The third kappa shape index (κ3) is 3.43. The molecule has 102 valence electrons. The van der Waals surface area contributed by atoms with Crippen LogP contribution in [0, 0.1) is 0 Å². The third-order valence-corrected chi connectivity index (χ3v) is 3.79. The maximum absolute atomic E-state index is 11.8. The first-order valence-corrected chi connectivity index (χ1v) is 7.15. The molecule has 2 rings (SSSR count). The average Bonchev–Trinajstić information content (AvgIpc) is 2.48. The highest BCUT2D eigenvalue weighted by molar-refractivity contribution is 6.42. The van der Waals surface area contributed by atoms with Gasteiger partial charge in [0.15, 0.2) is 0 Å². The van der Waals surface area contributed by atoms with E-state index in [1.807, 2.05) is 12.1 Å². The summed E-state index contributed by atoms with van der Waals surface area (Å²) in [5.74, 6) is -0.340. The van der Waals surface area contributed by atoms with Crippen molar-refractivity contribution in [2.45, 2.75) is 44.9 Å². The number of benzene rings is 1. The molecule has 0 saturated heterocycles. The van der Waals surface area contributed by atoms with Gasteiger partial charge in [0.2, 0.25) is 5.78 Å². The third-order valence-electron chi connectivity index (χ3n) is 3.79. The number of likely N-dealkylation sites (N-methyl/N-ethyl adjacent to an activating group) is 1. The number of amides is 1. The summed E-state index contributed by atoms with van der Waals surface area (Å²) in [4.78, 5) is 23.3. The molecule has 0 aromatic heterocycles. The van der Waals surface area contributed by atoms with Crippen LogP contribution in [-0.2, 0) is 4.79 Å². The number of Topliss-reactive ketones (excluding diaryl/α,β-unsaturated/α-hetero) is 1. The topological polar surface area (TPSA) is 46.2 Å². The number of rotatable bonds is 4. The van der Waals surface area contributed by atoms with Crippen molar-refractivity contribution in [1.82, 2.24) is 5.32 Å². The van der Waals surface area contributed by atoms with E-state index in [0.717, 1.165) is 0 Å². The second-order valence-corrected chi connectivity index (χ2v) is 5.15. The second kappa shape index (κ2) is 6.50. The Kier molecular flexibility index (Phi) is 4.72. The van der Waals surface area contributed by atoms with E-state index in [4.69, 9.17) is 0 Å². The number of nitrogens with one attached hydrogen (secondary N) is 1. The maximum atomic E-state index is 11.8. The zero-order chi connectivity index (χ0) is 13.7. The molecule has 19 heavy (non-hydrogen) atoms. The van der Waals surface area contributed by atoms with Crippen molar-refractivity contribution in [3.05, 3.63) is 35.4 Å².